The molecule has 29 heavy (non-hydrogen) atoms. The van der Waals surface area contributed by atoms with Crippen LogP contribution in [-0.4, -0.2) is 16.8 Å². The number of rotatable bonds is 4. The number of carbonyl (C=O) groups excluding carboxylic acids is 2. The Hall–Kier alpha value is -3.52. The zero-order chi connectivity index (χ0) is 20.5. The number of para-hydroxylation sites is 1. The van der Waals surface area contributed by atoms with Crippen molar-refractivity contribution in [2.45, 2.75) is 13.8 Å². The van der Waals surface area contributed by atoms with Crippen LogP contribution >= 0.6 is 11.3 Å². The summed E-state index contributed by atoms with van der Waals surface area (Å²) in [7, 11) is 0. The first-order valence-electron chi connectivity index (χ1n) is 8.96. The zero-order valence-electron chi connectivity index (χ0n) is 15.7. The van der Waals surface area contributed by atoms with Crippen LogP contribution in [-0.2, 0) is 4.79 Å². The summed E-state index contributed by atoms with van der Waals surface area (Å²) in [6, 6.07) is 13.7. The van der Waals surface area contributed by atoms with Crippen LogP contribution in [0.4, 0.5) is 10.8 Å². The number of hydrogen-bond donors (Lipinski definition) is 2. The number of benzene rings is 2. The minimum absolute atomic E-state index is 0.0769. The number of thiazole rings is 1. The quantitative estimate of drug-likeness (QED) is 0.493. The van der Waals surface area contributed by atoms with Crippen LogP contribution < -0.4 is 16.3 Å². The van der Waals surface area contributed by atoms with Gasteiger partial charge in [0.05, 0.1) is 10.2 Å². The highest BCUT2D eigenvalue weighted by Crippen LogP contribution is 2.28. The molecule has 2 amide bonds. The highest BCUT2D eigenvalue weighted by molar-refractivity contribution is 7.22. The number of nitrogens with one attached hydrogen (secondary N) is 2. The summed E-state index contributed by atoms with van der Waals surface area (Å²) in [5.41, 5.74) is 0.773. The molecule has 0 atom stereocenters. The van der Waals surface area contributed by atoms with Gasteiger partial charge in [0.25, 0.3) is 5.91 Å². The Morgan fingerprint density at radius 1 is 1.07 bits per heavy atom. The Kier molecular flexibility index (Phi) is 4.85. The molecule has 2 N–H and O–H groups in total. The van der Waals surface area contributed by atoms with Crippen molar-refractivity contribution in [3.63, 3.8) is 0 Å². The summed E-state index contributed by atoms with van der Waals surface area (Å²) < 4.78 is 6.08. The molecule has 0 saturated carbocycles. The number of carbonyl (C=O) groups is 2. The molecule has 0 spiro atoms. The molecule has 0 radical (unpaired) electrons. The lowest BCUT2D eigenvalue weighted by Crippen LogP contribution is -2.20. The lowest BCUT2D eigenvalue weighted by molar-refractivity contribution is -0.118. The first kappa shape index (κ1) is 18.8. The average molecular weight is 407 g/mol. The highest BCUT2D eigenvalue weighted by atomic mass is 32.1. The molecule has 4 aromatic rings. The average Bonchev–Trinajstić information content (AvgIpc) is 3.08. The van der Waals surface area contributed by atoms with E-state index in [1.54, 1.807) is 56.3 Å². The van der Waals surface area contributed by atoms with E-state index in [1.807, 2.05) is 0 Å². The Morgan fingerprint density at radius 3 is 2.66 bits per heavy atom. The number of anilines is 2. The van der Waals surface area contributed by atoms with E-state index in [-0.39, 0.29) is 17.4 Å². The van der Waals surface area contributed by atoms with Gasteiger partial charge in [0, 0.05) is 17.0 Å². The van der Waals surface area contributed by atoms with Gasteiger partial charge in [-0.25, -0.2) is 9.78 Å². The lowest BCUT2D eigenvalue weighted by atomic mass is 10.1. The molecule has 0 aliphatic carbocycles. The van der Waals surface area contributed by atoms with Crippen LogP contribution in [0, 0.1) is 5.92 Å². The fourth-order valence-corrected chi connectivity index (χ4v) is 3.58. The molecule has 0 fully saturated rings. The summed E-state index contributed by atoms with van der Waals surface area (Å²) in [6.45, 7) is 3.61. The van der Waals surface area contributed by atoms with Crippen molar-refractivity contribution in [3.8, 4) is 0 Å². The van der Waals surface area contributed by atoms with Crippen molar-refractivity contribution >= 4 is 55.2 Å². The number of amides is 2. The van der Waals surface area contributed by atoms with E-state index in [4.69, 9.17) is 4.42 Å². The molecule has 8 heteroatoms. The minimum Gasteiger partial charge on any atom is -0.422 e. The molecular weight excluding hydrogens is 390 g/mol. The van der Waals surface area contributed by atoms with Gasteiger partial charge in [-0.05, 0) is 30.3 Å². The smallest absolute Gasteiger partial charge is 0.349 e. The van der Waals surface area contributed by atoms with Gasteiger partial charge >= 0.3 is 5.63 Å². The van der Waals surface area contributed by atoms with Crippen LogP contribution in [0.2, 0.25) is 0 Å². The maximum Gasteiger partial charge on any atom is 0.349 e. The first-order valence-corrected chi connectivity index (χ1v) is 9.78. The van der Waals surface area contributed by atoms with Crippen LogP contribution in [0.3, 0.4) is 0 Å². The topological polar surface area (TPSA) is 101 Å². The summed E-state index contributed by atoms with van der Waals surface area (Å²) >= 11 is 1.35. The molecular formula is C21H17N3O4S. The predicted molar refractivity (Wildman–Crippen MR) is 114 cm³/mol. The van der Waals surface area contributed by atoms with E-state index in [0.29, 0.717) is 27.3 Å². The molecule has 0 unspecified atom stereocenters. The van der Waals surface area contributed by atoms with E-state index in [1.165, 1.54) is 17.4 Å². The van der Waals surface area contributed by atoms with Crippen molar-refractivity contribution in [1.82, 2.24) is 4.98 Å². The standard InChI is InChI=1S/C21H17N3O4S/c1-11(2)18(25)24-21-23-15-10-13(7-8-17(15)29-21)22-19(26)14-9-12-5-3-4-6-16(12)28-20(14)27/h3-11H,1-2H3,(H,22,26)(H,23,24,25). The Morgan fingerprint density at radius 2 is 1.86 bits per heavy atom. The van der Waals surface area contributed by atoms with Crippen LogP contribution in [0.5, 0.6) is 0 Å². The van der Waals surface area contributed by atoms with Crippen molar-refractivity contribution in [1.29, 1.82) is 0 Å². The summed E-state index contributed by atoms with van der Waals surface area (Å²) in [5.74, 6) is -0.821. The largest absolute Gasteiger partial charge is 0.422 e. The number of fused-ring (bicyclic) bond motifs is 2. The molecule has 0 saturated heterocycles. The summed E-state index contributed by atoms with van der Waals surface area (Å²) in [5, 5.41) is 6.63. The molecule has 2 aromatic heterocycles. The second-order valence-corrected chi connectivity index (χ2v) is 7.82. The maximum absolute atomic E-state index is 12.6. The second kappa shape index (κ2) is 7.48. The summed E-state index contributed by atoms with van der Waals surface area (Å²) in [6.07, 6.45) is 0. The predicted octanol–water partition coefficient (Wildman–Crippen LogP) is 4.25. The molecule has 146 valence electrons. The fraction of sp³-hybridized carbons (Fsp3) is 0.143. The van der Waals surface area contributed by atoms with E-state index in [0.717, 1.165) is 4.70 Å². The number of hydrogen-bond acceptors (Lipinski definition) is 6. The minimum atomic E-state index is -0.699. The number of nitrogens with zero attached hydrogens (tertiary/aromatic N) is 1. The second-order valence-electron chi connectivity index (χ2n) is 6.78. The van der Waals surface area contributed by atoms with Crippen LogP contribution in [0.25, 0.3) is 21.2 Å². The first-order chi connectivity index (χ1) is 13.9. The van der Waals surface area contributed by atoms with E-state index in [9.17, 15) is 14.4 Å². The van der Waals surface area contributed by atoms with Gasteiger partial charge in [0.15, 0.2) is 5.13 Å². The molecule has 2 heterocycles. The van der Waals surface area contributed by atoms with E-state index in [2.05, 4.69) is 15.6 Å². The molecule has 2 aromatic carbocycles. The lowest BCUT2D eigenvalue weighted by Gasteiger charge is -2.05. The molecule has 0 aliphatic heterocycles. The molecule has 0 bridgehead atoms. The monoisotopic (exact) mass is 407 g/mol. The Bertz CT molecular complexity index is 1310. The third kappa shape index (κ3) is 3.88. The van der Waals surface area contributed by atoms with Crippen molar-refractivity contribution in [2.75, 3.05) is 10.6 Å². The van der Waals surface area contributed by atoms with Crippen LogP contribution in [0.1, 0.15) is 24.2 Å². The van der Waals surface area contributed by atoms with Crippen molar-refractivity contribution < 1.29 is 14.0 Å². The van der Waals surface area contributed by atoms with Gasteiger partial charge < -0.3 is 15.1 Å². The highest BCUT2D eigenvalue weighted by Gasteiger charge is 2.15. The molecule has 7 nitrogen and oxygen atoms in total. The van der Waals surface area contributed by atoms with Gasteiger partial charge in [-0.15, -0.1) is 0 Å². The number of aromatic nitrogens is 1. The third-order valence-corrected chi connectivity index (χ3v) is 5.24. The SMILES string of the molecule is CC(C)C(=O)Nc1nc2cc(NC(=O)c3cc4ccccc4oc3=O)ccc2s1. The third-order valence-electron chi connectivity index (χ3n) is 4.29. The van der Waals surface area contributed by atoms with Gasteiger partial charge in [-0.3, -0.25) is 9.59 Å². The fourth-order valence-electron chi connectivity index (χ4n) is 2.73. The normalized spacial score (nSPS) is 11.1. The summed E-state index contributed by atoms with van der Waals surface area (Å²) in [4.78, 5) is 41.0. The van der Waals surface area contributed by atoms with Crippen molar-refractivity contribution in [2.24, 2.45) is 5.92 Å². The van der Waals surface area contributed by atoms with E-state index >= 15 is 0 Å². The maximum atomic E-state index is 12.6. The van der Waals surface area contributed by atoms with Gasteiger partial charge in [0.2, 0.25) is 5.91 Å². The molecule has 0 aliphatic rings. The van der Waals surface area contributed by atoms with Gasteiger partial charge in [-0.2, -0.15) is 0 Å². The van der Waals surface area contributed by atoms with Crippen molar-refractivity contribution in [3.05, 3.63) is 64.5 Å². The molecule has 4 rings (SSSR count). The van der Waals surface area contributed by atoms with Gasteiger partial charge in [-0.1, -0.05) is 43.4 Å². The van der Waals surface area contributed by atoms with Crippen LogP contribution in [0.15, 0.2) is 57.7 Å². The Balaban J connectivity index is 1.59. The van der Waals surface area contributed by atoms with Gasteiger partial charge in [0.1, 0.15) is 11.1 Å². The zero-order valence-corrected chi connectivity index (χ0v) is 16.5. The van der Waals surface area contributed by atoms with E-state index < -0.39 is 11.5 Å². The Labute approximate surface area is 169 Å².